The van der Waals surface area contributed by atoms with Crippen LogP contribution in [-0.4, -0.2) is 48.8 Å². The number of carbonyl (C=O) groups excluding carboxylic acids is 1. The van der Waals surface area contributed by atoms with Gasteiger partial charge in [0.2, 0.25) is 5.91 Å². The minimum absolute atomic E-state index is 0.107. The van der Waals surface area contributed by atoms with Crippen LogP contribution in [0, 0.1) is 0 Å². The molecule has 0 aromatic heterocycles. The van der Waals surface area contributed by atoms with Gasteiger partial charge >= 0.3 is 19.8 Å². The predicted octanol–water partition coefficient (Wildman–Crippen LogP) is -1.49. The standard InChI is InChI=1S/C7H11NO5.H3O4P/c1-4(9)8-5(7(12)13)2-3-6(10)11;1-5(2,3)4/h5H,2-3H2,1H3,(H,8,9)(H,10,11)(H,12,13);(H3,1,2,3,4)/t5-;/m0./s1. The summed E-state index contributed by atoms with van der Waals surface area (Å²) in [5.74, 6) is -2.80. The van der Waals surface area contributed by atoms with E-state index < -0.39 is 31.7 Å². The van der Waals surface area contributed by atoms with Gasteiger partial charge in [0.05, 0.1) is 0 Å². The molecule has 11 heteroatoms. The molecule has 0 heterocycles. The molecule has 0 fully saturated rings. The van der Waals surface area contributed by atoms with E-state index in [-0.39, 0.29) is 12.8 Å². The quantitative estimate of drug-likeness (QED) is 0.328. The average Bonchev–Trinajstić information content (AvgIpc) is 2.07. The minimum atomic E-state index is -4.64. The summed E-state index contributed by atoms with van der Waals surface area (Å²) in [6, 6.07) is -1.12. The highest BCUT2D eigenvalue weighted by molar-refractivity contribution is 7.45. The summed E-state index contributed by atoms with van der Waals surface area (Å²) >= 11 is 0. The molecule has 0 bridgehead atoms. The SMILES string of the molecule is CC(=O)N[C@@H](CCC(=O)O)C(=O)O.O=P(O)(O)O. The number of rotatable bonds is 5. The van der Waals surface area contributed by atoms with Crippen molar-refractivity contribution in [1.82, 2.24) is 5.32 Å². The Hall–Kier alpha value is -1.48. The van der Waals surface area contributed by atoms with Crippen LogP contribution >= 0.6 is 7.82 Å². The van der Waals surface area contributed by atoms with Crippen molar-refractivity contribution >= 4 is 25.7 Å². The number of nitrogens with one attached hydrogen (secondary N) is 1. The fraction of sp³-hybridized carbons (Fsp3) is 0.571. The molecule has 0 aliphatic carbocycles. The van der Waals surface area contributed by atoms with Crippen LogP contribution in [0.2, 0.25) is 0 Å². The Bertz CT molecular complexity index is 341. The number of hydrogen-bond acceptors (Lipinski definition) is 4. The molecule has 0 rings (SSSR count). The van der Waals surface area contributed by atoms with E-state index in [2.05, 4.69) is 5.32 Å². The second kappa shape index (κ2) is 8.59. The van der Waals surface area contributed by atoms with Gasteiger partial charge in [-0.25, -0.2) is 9.36 Å². The first-order chi connectivity index (χ1) is 7.93. The highest BCUT2D eigenvalue weighted by Gasteiger charge is 2.18. The molecule has 106 valence electrons. The lowest BCUT2D eigenvalue weighted by Crippen LogP contribution is -2.39. The zero-order chi connectivity index (χ0) is 14.9. The van der Waals surface area contributed by atoms with E-state index in [1.807, 2.05) is 0 Å². The summed E-state index contributed by atoms with van der Waals surface area (Å²) < 4.78 is 8.88. The van der Waals surface area contributed by atoms with Crippen molar-refractivity contribution in [3.05, 3.63) is 0 Å². The molecule has 10 nitrogen and oxygen atoms in total. The maximum Gasteiger partial charge on any atom is 0.466 e. The first-order valence-electron chi connectivity index (χ1n) is 4.43. The van der Waals surface area contributed by atoms with E-state index in [0.29, 0.717) is 0 Å². The van der Waals surface area contributed by atoms with Crippen molar-refractivity contribution in [3.8, 4) is 0 Å². The number of carboxylic acids is 2. The van der Waals surface area contributed by atoms with Gasteiger partial charge in [0.25, 0.3) is 0 Å². The van der Waals surface area contributed by atoms with Crippen molar-refractivity contribution in [2.75, 3.05) is 0 Å². The molecule has 0 aromatic rings. The highest BCUT2D eigenvalue weighted by Crippen LogP contribution is 2.25. The van der Waals surface area contributed by atoms with Crippen LogP contribution in [0.15, 0.2) is 0 Å². The zero-order valence-electron chi connectivity index (χ0n) is 9.31. The molecule has 0 radical (unpaired) electrons. The van der Waals surface area contributed by atoms with E-state index in [1.165, 1.54) is 6.92 Å². The lowest BCUT2D eigenvalue weighted by Gasteiger charge is -2.10. The topological polar surface area (TPSA) is 181 Å². The Morgan fingerprint density at radius 3 is 1.78 bits per heavy atom. The summed E-state index contributed by atoms with van der Waals surface area (Å²) in [6.07, 6.45) is -0.387. The Morgan fingerprint density at radius 2 is 1.56 bits per heavy atom. The van der Waals surface area contributed by atoms with E-state index >= 15 is 0 Å². The number of aliphatic carboxylic acids is 2. The summed E-state index contributed by atoms with van der Waals surface area (Å²) in [5.41, 5.74) is 0. The molecule has 0 aliphatic heterocycles. The number of amides is 1. The van der Waals surface area contributed by atoms with E-state index in [4.69, 9.17) is 29.5 Å². The van der Waals surface area contributed by atoms with Gasteiger partial charge < -0.3 is 30.2 Å². The molecular weight excluding hydrogens is 273 g/mol. The average molecular weight is 287 g/mol. The molecule has 0 aromatic carbocycles. The number of carboxylic acid groups (broad SMARTS) is 2. The summed E-state index contributed by atoms with van der Waals surface area (Å²) in [7, 11) is -4.64. The third-order valence-corrected chi connectivity index (χ3v) is 1.32. The van der Waals surface area contributed by atoms with Gasteiger partial charge in [0.1, 0.15) is 6.04 Å². The maximum atomic E-state index is 10.5. The number of phosphoric acid groups is 1. The van der Waals surface area contributed by atoms with Gasteiger partial charge in [-0.2, -0.15) is 0 Å². The third-order valence-electron chi connectivity index (χ3n) is 1.32. The van der Waals surface area contributed by atoms with E-state index in [0.717, 1.165) is 0 Å². The van der Waals surface area contributed by atoms with Crippen LogP contribution < -0.4 is 5.32 Å². The minimum Gasteiger partial charge on any atom is -0.481 e. The molecule has 0 spiro atoms. The van der Waals surface area contributed by atoms with Crippen LogP contribution in [0.25, 0.3) is 0 Å². The van der Waals surface area contributed by atoms with Crippen LogP contribution in [0.5, 0.6) is 0 Å². The van der Waals surface area contributed by atoms with Gasteiger partial charge in [-0.1, -0.05) is 0 Å². The fourth-order valence-electron chi connectivity index (χ4n) is 0.771. The summed E-state index contributed by atoms with van der Waals surface area (Å²) in [4.78, 5) is 52.6. The molecule has 0 unspecified atom stereocenters. The molecule has 0 saturated carbocycles. The Labute approximate surface area is 101 Å². The lowest BCUT2D eigenvalue weighted by molar-refractivity contribution is -0.142. The predicted molar refractivity (Wildman–Crippen MR) is 56.4 cm³/mol. The second-order valence-corrected chi connectivity index (χ2v) is 4.06. The van der Waals surface area contributed by atoms with Crippen LogP contribution in [0.3, 0.4) is 0 Å². The van der Waals surface area contributed by atoms with Gasteiger partial charge in [-0.3, -0.25) is 9.59 Å². The third kappa shape index (κ3) is 20.0. The van der Waals surface area contributed by atoms with E-state index in [1.54, 1.807) is 0 Å². The van der Waals surface area contributed by atoms with Crippen molar-refractivity contribution < 1.29 is 43.8 Å². The van der Waals surface area contributed by atoms with Crippen molar-refractivity contribution in [3.63, 3.8) is 0 Å². The zero-order valence-corrected chi connectivity index (χ0v) is 10.2. The Kier molecular flexibility index (Phi) is 9.00. The number of carbonyl (C=O) groups is 3. The molecule has 1 amide bonds. The molecular formula is C7H14NO9P. The Morgan fingerprint density at radius 1 is 1.17 bits per heavy atom. The van der Waals surface area contributed by atoms with Gasteiger partial charge in [-0.05, 0) is 6.42 Å². The molecule has 0 saturated heterocycles. The van der Waals surface area contributed by atoms with Crippen LogP contribution in [0.1, 0.15) is 19.8 Å². The maximum absolute atomic E-state index is 10.5. The van der Waals surface area contributed by atoms with Crippen molar-refractivity contribution in [2.24, 2.45) is 0 Å². The molecule has 6 N–H and O–H groups in total. The van der Waals surface area contributed by atoms with E-state index in [9.17, 15) is 14.4 Å². The molecule has 1 atom stereocenters. The largest absolute Gasteiger partial charge is 0.481 e. The normalized spacial score (nSPS) is 11.8. The lowest BCUT2D eigenvalue weighted by atomic mass is 10.1. The van der Waals surface area contributed by atoms with Gasteiger partial charge in [0.15, 0.2) is 0 Å². The van der Waals surface area contributed by atoms with Gasteiger partial charge in [-0.15, -0.1) is 0 Å². The molecule has 0 aliphatic rings. The first-order valence-corrected chi connectivity index (χ1v) is 6.00. The smallest absolute Gasteiger partial charge is 0.466 e. The van der Waals surface area contributed by atoms with Crippen LogP contribution in [-0.2, 0) is 18.9 Å². The number of hydrogen-bond donors (Lipinski definition) is 6. The molecule has 18 heavy (non-hydrogen) atoms. The second-order valence-electron chi connectivity index (χ2n) is 3.04. The van der Waals surface area contributed by atoms with Gasteiger partial charge in [0, 0.05) is 13.3 Å². The monoisotopic (exact) mass is 287 g/mol. The summed E-state index contributed by atoms with van der Waals surface area (Å²) in [5, 5.41) is 18.9. The first kappa shape index (κ1) is 18.9. The Balaban J connectivity index is 0. The summed E-state index contributed by atoms with van der Waals surface area (Å²) in [6.45, 7) is 1.18. The fourth-order valence-corrected chi connectivity index (χ4v) is 0.771. The highest BCUT2D eigenvalue weighted by atomic mass is 31.2. The van der Waals surface area contributed by atoms with Crippen LogP contribution in [0.4, 0.5) is 0 Å². The van der Waals surface area contributed by atoms with Crippen molar-refractivity contribution in [2.45, 2.75) is 25.8 Å². The van der Waals surface area contributed by atoms with Crippen molar-refractivity contribution in [1.29, 1.82) is 0 Å².